The van der Waals surface area contributed by atoms with Crippen molar-refractivity contribution >= 4 is 11.4 Å². The molecule has 1 atom stereocenters. The number of nitrogens with two attached hydrogens (primary N) is 2. The van der Waals surface area contributed by atoms with Crippen LogP contribution < -0.4 is 11.5 Å². The third kappa shape index (κ3) is 1.70. The molecule has 0 heterocycles. The molecule has 0 saturated carbocycles. The molecule has 4 N–H and O–H groups in total. The second-order valence-corrected chi connectivity index (χ2v) is 3.20. The summed E-state index contributed by atoms with van der Waals surface area (Å²) in [4.78, 5) is 0. The maximum absolute atomic E-state index is 5.69. The maximum atomic E-state index is 5.69. The summed E-state index contributed by atoms with van der Waals surface area (Å²) in [5.74, 6) is 0.563. The van der Waals surface area contributed by atoms with Crippen LogP contribution in [0.25, 0.3) is 0 Å². The maximum Gasteiger partial charge on any atom is 0.0550 e. The predicted octanol–water partition coefficient (Wildman–Crippen LogP) is 2.36. The van der Waals surface area contributed by atoms with Gasteiger partial charge < -0.3 is 11.5 Å². The van der Waals surface area contributed by atoms with Crippen molar-refractivity contribution in [2.75, 3.05) is 11.5 Å². The number of benzene rings is 1. The minimum Gasteiger partial charge on any atom is -0.397 e. The van der Waals surface area contributed by atoms with Gasteiger partial charge in [0, 0.05) is 0 Å². The molecule has 0 spiro atoms. The first-order chi connectivity index (χ1) is 5.65. The Kier molecular flexibility index (Phi) is 2.58. The van der Waals surface area contributed by atoms with Crippen LogP contribution in [0.1, 0.15) is 31.7 Å². The summed E-state index contributed by atoms with van der Waals surface area (Å²) in [6, 6.07) is 5.88. The molecular formula is C10H16N2. The van der Waals surface area contributed by atoms with E-state index in [0.29, 0.717) is 17.3 Å². The third-order valence-electron chi connectivity index (χ3n) is 2.29. The van der Waals surface area contributed by atoms with Crippen molar-refractivity contribution in [3.8, 4) is 0 Å². The van der Waals surface area contributed by atoms with Gasteiger partial charge in [-0.1, -0.05) is 19.9 Å². The van der Waals surface area contributed by atoms with Crippen molar-refractivity contribution in [1.82, 2.24) is 0 Å². The van der Waals surface area contributed by atoms with Crippen molar-refractivity contribution in [3.63, 3.8) is 0 Å². The van der Waals surface area contributed by atoms with Gasteiger partial charge in [0.25, 0.3) is 0 Å². The SMILES string of the molecule is CCC(C)c1ccc(N)c(N)c1. The number of rotatable bonds is 2. The van der Waals surface area contributed by atoms with E-state index in [0.717, 1.165) is 6.42 Å². The highest BCUT2D eigenvalue weighted by molar-refractivity contribution is 5.64. The minimum atomic E-state index is 0.563. The van der Waals surface area contributed by atoms with Gasteiger partial charge in [0.1, 0.15) is 0 Å². The monoisotopic (exact) mass is 164 g/mol. The summed E-state index contributed by atoms with van der Waals surface area (Å²) < 4.78 is 0. The number of hydrogen-bond donors (Lipinski definition) is 2. The van der Waals surface area contributed by atoms with Crippen LogP contribution in [0.2, 0.25) is 0 Å². The van der Waals surface area contributed by atoms with Crippen molar-refractivity contribution in [3.05, 3.63) is 23.8 Å². The van der Waals surface area contributed by atoms with Crippen LogP contribution >= 0.6 is 0 Å². The lowest BCUT2D eigenvalue weighted by molar-refractivity contribution is 0.734. The van der Waals surface area contributed by atoms with E-state index in [4.69, 9.17) is 11.5 Å². The number of anilines is 2. The van der Waals surface area contributed by atoms with Crippen LogP contribution in [0, 0.1) is 0 Å². The van der Waals surface area contributed by atoms with Crippen LogP contribution in [-0.2, 0) is 0 Å². The van der Waals surface area contributed by atoms with Gasteiger partial charge in [0.05, 0.1) is 11.4 Å². The molecule has 0 bridgehead atoms. The van der Waals surface area contributed by atoms with Crippen molar-refractivity contribution in [2.45, 2.75) is 26.2 Å². The molecule has 12 heavy (non-hydrogen) atoms. The molecule has 1 aromatic carbocycles. The van der Waals surface area contributed by atoms with Gasteiger partial charge in [-0.3, -0.25) is 0 Å². The average molecular weight is 164 g/mol. The Morgan fingerprint density at radius 2 is 1.92 bits per heavy atom. The summed E-state index contributed by atoms with van der Waals surface area (Å²) in [6.07, 6.45) is 1.13. The molecule has 0 fully saturated rings. The van der Waals surface area contributed by atoms with E-state index < -0.39 is 0 Å². The third-order valence-corrected chi connectivity index (χ3v) is 2.29. The van der Waals surface area contributed by atoms with E-state index in [1.165, 1.54) is 5.56 Å². The van der Waals surface area contributed by atoms with Gasteiger partial charge in [0.2, 0.25) is 0 Å². The normalized spacial score (nSPS) is 12.8. The number of nitrogen functional groups attached to an aromatic ring is 2. The Labute approximate surface area is 73.6 Å². The quantitative estimate of drug-likeness (QED) is 0.659. The first kappa shape index (κ1) is 8.91. The lowest BCUT2D eigenvalue weighted by Crippen LogP contribution is -1.98. The van der Waals surface area contributed by atoms with Crippen molar-refractivity contribution in [1.29, 1.82) is 0 Å². The van der Waals surface area contributed by atoms with Crippen LogP contribution in [0.4, 0.5) is 11.4 Å². The molecule has 1 unspecified atom stereocenters. The summed E-state index contributed by atoms with van der Waals surface area (Å²) in [6.45, 7) is 4.35. The molecule has 0 aliphatic carbocycles. The fourth-order valence-electron chi connectivity index (χ4n) is 1.14. The minimum absolute atomic E-state index is 0.563. The Morgan fingerprint density at radius 3 is 2.42 bits per heavy atom. The van der Waals surface area contributed by atoms with Gasteiger partial charge in [-0.05, 0) is 30.0 Å². The molecule has 0 saturated heterocycles. The molecular weight excluding hydrogens is 148 g/mol. The first-order valence-corrected chi connectivity index (χ1v) is 4.30. The molecule has 66 valence electrons. The Hall–Kier alpha value is -1.18. The molecule has 0 aliphatic rings. The highest BCUT2D eigenvalue weighted by atomic mass is 14.7. The molecule has 1 aromatic rings. The van der Waals surface area contributed by atoms with Gasteiger partial charge in [0.15, 0.2) is 0 Å². The van der Waals surface area contributed by atoms with Gasteiger partial charge in [-0.2, -0.15) is 0 Å². The highest BCUT2D eigenvalue weighted by Crippen LogP contribution is 2.23. The van der Waals surface area contributed by atoms with E-state index in [9.17, 15) is 0 Å². The van der Waals surface area contributed by atoms with E-state index in [1.807, 2.05) is 18.2 Å². The lowest BCUT2D eigenvalue weighted by Gasteiger charge is -2.10. The molecule has 0 aromatic heterocycles. The lowest BCUT2D eigenvalue weighted by atomic mass is 9.98. The zero-order valence-corrected chi connectivity index (χ0v) is 7.67. The van der Waals surface area contributed by atoms with Crippen molar-refractivity contribution < 1.29 is 0 Å². The largest absolute Gasteiger partial charge is 0.397 e. The molecule has 0 radical (unpaired) electrons. The molecule has 1 rings (SSSR count). The fourth-order valence-corrected chi connectivity index (χ4v) is 1.14. The van der Waals surface area contributed by atoms with Crippen molar-refractivity contribution in [2.24, 2.45) is 0 Å². The zero-order valence-electron chi connectivity index (χ0n) is 7.67. The molecule has 0 amide bonds. The van der Waals surface area contributed by atoms with Crippen LogP contribution in [0.15, 0.2) is 18.2 Å². The summed E-state index contributed by atoms with van der Waals surface area (Å²) >= 11 is 0. The topological polar surface area (TPSA) is 52.0 Å². The van der Waals surface area contributed by atoms with Gasteiger partial charge >= 0.3 is 0 Å². The van der Waals surface area contributed by atoms with E-state index in [-0.39, 0.29) is 0 Å². The smallest absolute Gasteiger partial charge is 0.0550 e. The Morgan fingerprint density at radius 1 is 1.25 bits per heavy atom. The number of hydrogen-bond acceptors (Lipinski definition) is 2. The molecule has 2 nitrogen and oxygen atoms in total. The summed E-state index contributed by atoms with van der Waals surface area (Å²) in [5, 5.41) is 0. The van der Waals surface area contributed by atoms with Gasteiger partial charge in [-0.15, -0.1) is 0 Å². The van der Waals surface area contributed by atoms with E-state index in [2.05, 4.69) is 13.8 Å². The van der Waals surface area contributed by atoms with Gasteiger partial charge in [-0.25, -0.2) is 0 Å². The summed E-state index contributed by atoms with van der Waals surface area (Å²) in [7, 11) is 0. The standard InChI is InChI=1S/C10H16N2/c1-3-7(2)8-4-5-9(11)10(12)6-8/h4-7H,3,11-12H2,1-2H3. The Balaban J connectivity index is 2.96. The summed E-state index contributed by atoms with van der Waals surface area (Å²) in [5.41, 5.74) is 13.9. The first-order valence-electron chi connectivity index (χ1n) is 4.30. The van der Waals surface area contributed by atoms with Crippen LogP contribution in [-0.4, -0.2) is 0 Å². The second kappa shape index (κ2) is 3.48. The van der Waals surface area contributed by atoms with E-state index >= 15 is 0 Å². The average Bonchev–Trinajstić information content (AvgIpc) is 2.08. The Bertz CT molecular complexity index is 269. The fraction of sp³-hybridized carbons (Fsp3) is 0.400. The molecule has 2 heteroatoms. The van der Waals surface area contributed by atoms with Crippen LogP contribution in [0.3, 0.4) is 0 Å². The second-order valence-electron chi connectivity index (χ2n) is 3.20. The zero-order chi connectivity index (χ0) is 9.14. The van der Waals surface area contributed by atoms with E-state index in [1.54, 1.807) is 0 Å². The predicted molar refractivity (Wildman–Crippen MR) is 54.0 cm³/mol. The van der Waals surface area contributed by atoms with Crippen LogP contribution in [0.5, 0.6) is 0 Å². The molecule has 0 aliphatic heterocycles. The highest BCUT2D eigenvalue weighted by Gasteiger charge is 2.03.